The Morgan fingerprint density at radius 3 is 2.21 bits per heavy atom. The average Bonchev–Trinajstić information content (AvgIpc) is 2.82. The Bertz CT molecular complexity index is 672. The lowest BCUT2D eigenvalue weighted by molar-refractivity contribution is 0.0632. The molecule has 2 saturated heterocycles. The fraction of sp³-hybridized carbons (Fsp3) is 0.550. The van der Waals surface area contributed by atoms with Crippen LogP contribution in [0, 0.1) is 0 Å². The standard InChI is InChI=1S/C20H25NO3/c1-23-18-9-6-14(12-19(18)24-2)20(22)21-16-7-8-17(21)11-15(10-16)13-4-3-5-13/h6,9,12,16-17H,3-5,7-8,10-11H2,1-2H3. The molecule has 24 heavy (non-hydrogen) atoms. The highest BCUT2D eigenvalue weighted by atomic mass is 16.5. The molecule has 0 spiro atoms. The van der Waals surface area contributed by atoms with Crippen LogP contribution in [0.1, 0.15) is 55.3 Å². The van der Waals surface area contributed by atoms with E-state index in [1.54, 1.807) is 31.4 Å². The molecule has 0 N–H and O–H groups in total. The minimum atomic E-state index is 0.140. The van der Waals surface area contributed by atoms with Crippen LogP contribution < -0.4 is 9.47 Å². The number of carbonyl (C=O) groups excluding carboxylic acids is 1. The molecule has 1 aliphatic carbocycles. The maximum atomic E-state index is 13.1. The summed E-state index contributed by atoms with van der Waals surface area (Å²) in [6.07, 6.45) is 8.38. The molecule has 4 heteroatoms. The maximum absolute atomic E-state index is 13.1. The van der Waals surface area contributed by atoms with E-state index in [-0.39, 0.29) is 5.91 Å². The molecule has 1 saturated carbocycles. The van der Waals surface area contributed by atoms with Gasteiger partial charge in [0.15, 0.2) is 11.5 Å². The summed E-state index contributed by atoms with van der Waals surface area (Å²) in [5.41, 5.74) is 4.04. The highest BCUT2D eigenvalue weighted by Crippen LogP contribution is 2.44. The van der Waals surface area contributed by atoms with Crippen molar-refractivity contribution in [1.82, 2.24) is 4.90 Å². The minimum Gasteiger partial charge on any atom is -0.493 e. The van der Waals surface area contributed by atoms with E-state index in [4.69, 9.17) is 9.47 Å². The molecule has 4 rings (SSSR count). The smallest absolute Gasteiger partial charge is 0.254 e. The zero-order chi connectivity index (χ0) is 16.7. The van der Waals surface area contributed by atoms with Gasteiger partial charge in [0.1, 0.15) is 0 Å². The summed E-state index contributed by atoms with van der Waals surface area (Å²) in [5, 5.41) is 0. The number of hydrogen-bond donors (Lipinski definition) is 0. The fourth-order valence-electron chi connectivity index (χ4n) is 4.46. The van der Waals surface area contributed by atoms with Crippen molar-refractivity contribution in [1.29, 1.82) is 0 Å². The number of benzene rings is 1. The molecule has 1 aromatic carbocycles. The van der Waals surface area contributed by atoms with E-state index in [2.05, 4.69) is 4.90 Å². The van der Waals surface area contributed by atoms with E-state index >= 15 is 0 Å². The Hall–Kier alpha value is -1.97. The van der Waals surface area contributed by atoms with E-state index in [1.165, 1.54) is 19.3 Å². The van der Waals surface area contributed by atoms with Crippen LogP contribution in [0.2, 0.25) is 0 Å². The molecule has 3 fully saturated rings. The van der Waals surface area contributed by atoms with Gasteiger partial charge in [0.05, 0.1) is 14.2 Å². The van der Waals surface area contributed by atoms with Crippen LogP contribution in [0.3, 0.4) is 0 Å². The van der Waals surface area contributed by atoms with Gasteiger partial charge in [-0.15, -0.1) is 0 Å². The van der Waals surface area contributed by atoms with Crippen LogP contribution in [-0.2, 0) is 0 Å². The molecule has 1 aromatic rings. The van der Waals surface area contributed by atoms with Gasteiger partial charge in [-0.1, -0.05) is 11.1 Å². The average molecular weight is 327 g/mol. The highest BCUT2D eigenvalue weighted by Gasteiger charge is 2.42. The van der Waals surface area contributed by atoms with Crippen LogP contribution in [0.4, 0.5) is 0 Å². The summed E-state index contributed by atoms with van der Waals surface area (Å²) in [5.74, 6) is 1.42. The van der Waals surface area contributed by atoms with E-state index in [1.807, 2.05) is 12.1 Å². The first-order chi connectivity index (χ1) is 11.7. The molecule has 2 unspecified atom stereocenters. The predicted octanol–water partition coefficient (Wildman–Crippen LogP) is 3.95. The summed E-state index contributed by atoms with van der Waals surface area (Å²) >= 11 is 0. The minimum absolute atomic E-state index is 0.140. The Morgan fingerprint density at radius 1 is 1.00 bits per heavy atom. The van der Waals surface area contributed by atoms with Crippen LogP contribution in [-0.4, -0.2) is 37.1 Å². The largest absolute Gasteiger partial charge is 0.493 e. The number of allylic oxidation sites excluding steroid dienone is 1. The third-order valence-electron chi connectivity index (χ3n) is 5.91. The molecular formula is C20H25NO3. The lowest BCUT2D eigenvalue weighted by Crippen LogP contribution is -2.45. The monoisotopic (exact) mass is 327 g/mol. The molecule has 128 valence electrons. The summed E-state index contributed by atoms with van der Waals surface area (Å²) in [6.45, 7) is 0. The zero-order valence-corrected chi connectivity index (χ0v) is 14.5. The van der Waals surface area contributed by atoms with Gasteiger partial charge in [0.25, 0.3) is 5.91 Å². The molecule has 2 heterocycles. The number of piperidine rings is 1. The lowest BCUT2D eigenvalue weighted by atomic mass is 9.82. The van der Waals surface area contributed by atoms with Crippen molar-refractivity contribution >= 4 is 5.91 Å². The molecule has 2 bridgehead atoms. The highest BCUT2D eigenvalue weighted by molar-refractivity contribution is 5.95. The van der Waals surface area contributed by atoms with Crippen LogP contribution in [0.5, 0.6) is 11.5 Å². The molecule has 4 nitrogen and oxygen atoms in total. The van der Waals surface area contributed by atoms with Gasteiger partial charge in [-0.25, -0.2) is 0 Å². The van der Waals surface area contributed by atoms with Crippen molar-refractivity contribution in [2.24, 2.45) is 0 Å². The van der Waals surface area contributed by atoms with Crippen LogP contribution >= 0.6 is 0 Å². The number of hydrogen-bond acceptors (Lipinski definition) is 3. The van der Waals surface area contributed by atoms with Gasteiger partial charge in [0.2, 0.25) is 0 Å². The number of ether oxygens (including phenoxy) is 2. The number of fused-ring (bicyclic) bond motifs is 2. The van der Waals surface area contributed by atoms with Crippen molar-refractivity contribution < 1.29 is 14.3 Å². The first kappa shape index (κ1) is 15.6. The van der Waals surface area contributed by atoms with Gasteiger partial charge in [-0.05, 0) is 63.1 Å². The molecular weight excluding hydrogens is 302 g/mol. The van der Waals surface area contributed by atoms with E-state index in [0.29, 0.717) is 29.1 Å². The van der Waals surface area contributed by atoms with Gasteiger partial charge in [-0.2, -0.15) is 0 Å². The summed E-state index contributed by atoms with van der Waals surface area (Å²) < 4.78 is 10.6. The number of nitrogens with zero attached hydrogens (tertiary/aromatic N) is 1. The quantitative estimate of drug-likeness (QED) is 0.789. The molecule has 1 amide bonds. The van der Waals surface area contributed by atoms with Gasteiger partial charge < -0.3 is 14.4 Å². The van der Waals surface area contributed by atoms with Crippen molar-refractivity contribution in [3.8, 4) is 11.5 Å². The van der Waals surface area contributed by atoms with Crippen molar-refractivity contribution in [3.05, 3.63) is 34.9 Å². The Morgan fingerprint density at radius 2 is 1.67 bits per heavy atom. The van der Waals surface area contributed by atoms with E-state index in [9.17, 15) is 4.79 Å². The van der Waals surface area contributed by atoms with Crippen molar-refractivity contribution in [2.75, 3.05) is 14.2 Å². The Labute approximate surface area is 143 Å². The molecule has 0 aromatic heterocycles. The second-order valence-corrected chi connectivity index (χ2v) is 7.14. The fourth-order valence-corrected chi connectivity index (χ4v) is 4.46. The second-order valence-electron chi connectivity index (χ2n) is 7.14. The number of methoxy groups -OCH3 is 2. The predicted molar refractivity (Wildman–Crippen MR) is 92.6 cm³/mol. The van der Waals surface area contributed by atoms with Gasteiger partial charge in [-0.3, -0.25) is 4.79 Å². The Kier molecular flexibility index (Phi) is 3.99. The molecule has 3 aliphatic rings. The summed E-state index contributed by atoms with van der Waals surface area (Å²) in [6, 6.07) is 6.24. The van der Waals surface area contributed by atoms with Crippen molar-refractivity contribution in [3.63, 3.8) is 0 Å². The van der Waals surface area contributed by atoms with Gasteiger partial charge in [0, 0.05) is 17.6 Å². The first-order valence-electron chi connectivity index (χ1n) is 8.95. The molecule has 0 radical (unpaired) electrons. The Balaban J connectivity index is 1.57. The third kappa shape index (κ3) is 2.48. The first-order valence-corrected chi connectivity index (χ1v) is 8.95. The second kappa shape index (κ2) is 6.15. The SMILES string of the molecule is COc1ccc(C(=O)N2C3CCC2CC(=C2CCC2)C3)cc1OC. The van der Waals surface area contributed by atoms with Crippen LogP contribution in [0.25, 0.3) is 0 Å². The molecule has 2 aliphatic heterocycles. The zero-order valence-electron chi connectivity index (χ0n) is 14.5. The van der Waals surface area contributed by atoms with Crippen LogP contribution in [0.15, 0.2) is 29.3 Å². The van der Waals surface area contributed by atoms with E-state index < -0.39 is 0 Å². The number of rotatable bonds is 3. The maximum Gasteiger partial charge on any atom is 0.254 e. The topological polar surface area (TPSA) is 38.8 Å². The molecule has 2 atom stereocenters. The number of amides is 1. The van der Waals surface area contributed by atoms with Crippen molar-refractivity contribution in [2.45, 2.75) is 57.0 Å². The number of carbonyl (C=O) groups is 1. The summed E-state index contributed by atoms with van der Waals surface area (Å²) in [4.78, 5) is 15.2. The van der Waals surface area contributed by atoms with E-state index in [0.717, 1.165) is 25.7 Å². The lowest BCUT2D eigenvalue weighted by Gasteiger charge is -2.38. The summed E-state index contributed by atoms with van der Waals surface area (Å²) in [7, 11) is 3.22. The third-order valence-corrected chi connectivity index (χ3v) is 5.91. The van der Waals surface area contributed by atoms with Gasteiger partial charge >= 0.3 is 0 Å². The normalized spacial score (nSPS) is 25.5.